The normalized spacial score (nSPS) is 11.3. The predicted octanol–water partition coefficient (Wildman–Crippen LogP) is 3.97. The second kappa shape index (κ2) is 6.21. The van der Waals surface area contributed by atoms with E-state index in [2.05, 4.69) is 0 Å². The summed E-state index contributed by atoms with van der Waals surface area (Å²) in [5.41, 5.74) is 4.53. The standard InChI is InChI=1S/C17H25NO2/c1-11-9-14(13(3)18)10-12(2)15(11)7-8-16(19)20-17(4,5)6/h9-10,18H,7-8H2,1-6H3. The highest BCUT2D eigenvalue weighted by atomic mass is 16.6. The van der Waals surface area contributed by atoms with Gasteiger partial charge in [0.1, 0.15) is 5.60 Å². The van der Waals surface area contributed by atoms with Crippen LogP contribution in [0.3, 0.4) is 0 Å². The molecule has 0 unspecified atom stereocenters. The van der Waals surface area contributed by atoms with Crippen LogP contribution in [0.2, 0.25) is 0 Å². The fourth-order valence-electron chi connectivity index (χ4n) is 2.22. The summed E-state index contributed by atoms with van der Waals surface area (Å²) in [5, 5.41) is 7.69. The first-order valence-corrected chi connectivity index (χ1v) is 6.97. The number of hydrogen-bond donors (Lipinski definition) is 1. The molecule has 0 radical (unpaired) electrons. The van der Waals surface area contributed by atoms with Gasteiger partial charge in [-0.3, -0.25) is 4.79 Å². The van der Waals surface area contributed by atoms with E-state index in [0.29, 0.717) is 18.6 Å². The van der Waals surface area contributed by atoms with Gasteiger partial charge in [-0.15, -0.1) is 0 Å². The lowest BCUT2D eigenvalue weighted by Crippen LogP contribution is -2.24. The Labute approximate surface area is 121 Å². The molecule has 0 fully saturated rings. The molecule has 110 valence electrons. The van der Waals surface area contributed by atoms with Crippen LogP contribution in [0.4, 0.5) is 0 Å². The summed E-state index contributed by atoms with van der Waals surface area (Å²) in [6.07, 6.45) is 1.08. The van der Waals surface area contributed by atoms with E-state index >= 15 is 0 Å². The van der Waals surface area contributed by atoms with Crippen molar-refractivity contribution in [3.63, 3.8) is 0 Å². The zero-order chi connectivity index (χ0) is 15.5. The lowest BCUT2D eigenvalue weighted by molar-refractivity contribution is -0.154. The molecule has 1 aromatic carbocycles. The third kappa shape index (κ3) is 4.80. The summed E-state index contributed by atoms with van der Waals surface area (Å²) in [4.78, 5) is 11.8. The first kappa shape index (κ1) is 16.4. The fraction of sp³-hybridized carbons (Fsp3) is 0.529. The predicted molar refractivity (Wildman–Crippen MR) is 82.6 cm³/mol. The average molecular weight is 275 g/mol. The molecule has 1 rings (SSSR count). The van der Waals surface area contributed by atoms with Gasteiger partial charge < -0.3 is 10.1 Å². The van der Waals surface area contributed by atoms with E-state index in [1.807, 2.05) is 46.8 Å². The number of aryl methyl sites for hydroxylation is 2. The molecule has 0 spiro atoms. The van der Waals surface area contributed by atoms with E-state index in [4.69, 9.17) is 10.1 Å². The summed E-state index contributed by atoms with van der Waals surface area (Å²) in [5.74, 6) is -0.163. The van der Waals surface area contributed by atoms with Gasteiger partial charge in [0.05, 0.1) is 0 Å². The Bertz CT molecular complexity index is 501. The van der Waals surface area contributed by atoms with Gasteiger partial charge in [0.15, 0.2) is 0 Å². The lowest BCUT2D eigenvalue weighted by atomic mass is 9.94. The fourth-order valence-corrected chi connectivity index (χ4v) is 2.22. The monoisotopic (exact) mass is 275 g/mol. The highest BCUT2D eigenvalue weighted by Gasteiger charge is 2.16. The van der Waals surface area contributed by atoms with Crippen molar-refractivity contribution in [1.29, 1.82) is 5.41 Å². The Kier molecular flexibility index (Phi) is 5.09. The number of nitrogens with one attached hydrogen (secondary N) is 1. The Morgan fingerprint density at radius 2 is 1.70 bits per heavy atom. The van der Waals surface area contributed by atoms with Crippen molar-refractivity contribution in [3.8, 4) is 0 Å². The number of hydrogen-bond acceptors (Lipinski definition) is 3. The van der Waals surface area contributed by atoms with E-state index in [1.165, 1.54) is 5.56 Å². The zero-order valence-corrected chi connectivity index (χ0v) is 13.4. The van der Waals surface area contributed by atoms with E-state index < -0.39 is 5.60 Å². The molecule has 0 atom stereocenters. The smallest absolute Gasteiger partial charge is 0.306 e. The SMILES string of the molecule is CC(=N)c1cc(C)c(CCC(=O)OC(C)(C)C)c(C)c1. The molecular weight excluding hydrogens is 250 g/mol. The van der Waals surface area contributed by atoms with E-state index in [9.17, 15) is 4.79 Å². The molecule has 1 aromatic rings. The van der Waals surface area contributed by atoms with Crippen molar-refractivity contribution in [2.75, 3.05) is 0 Å². The number of carbonyl (C=O) groups is 1. The Morgan fingerprint density at radius 1 is 1.20 bits per heavy atom. The number of ether oxygens (including phenoxy) is 1. The molecule has 0 saturated carbocycles. The van der Waals surface area contributed by atoms with Crippen LogP contribution in [0, 0.1) is 19.3 Å². The summed E-state index contributed by atoms with van der Waals surface area (Å²) in [7, 11) is 0. The van der Waals surface area contributed by atoms with Crippen LogP contribution in [0.1, 0.15) is 56.4 Å². The van der Waals surface area contributed by atoms with Crippen molar-refractivity contribution in [3.05, 3.63) is 34.4 Å². The Balaban J connectivity index is 2.79. The van der Waals surface area contributed by atoms with E-state index in [-0.39, 0.29) is 5.97 Å². The minimum absolute atomic E-state index is 0.163. The summed E-state index contributed by atoms with van der Waals surface area (Å²) >= 11 is 0. The van der Waals surface area contributed by atoms with Gasteiger partial charge in [0, 0.05) is 12.1 Å². The number of esters is 1. The summed E-state index contributed by atoms with van der Waals surface area (Å²) in [6, 6.07) is 4.03. The van der Waals surface area contributed by atoms with Gasteiger partial charge >= 0.3 is 5.97 Å². The van der Waals surface area contributed by atoms with Crippen molar-refractivity contribution in [2.45, 2.75) is 60.0 Å². The van der Waals surface area contributed by atoms with Crippen LogP contribution < -0.4 is 0 Å². The van der Waals surface area contributed by atoms with Gasteiger partial charge in [-0.1, -0.05) is 0 Å². The van der Waals surface area contributed by atoms with E-state index in [1.54, 1.807) is 6.92 Å². The van der Waals surface area contributed by atoms with Gasteiger partial charge in [0.25, 0.3) is 0 Å². The molecule has 0 aliphatic heterocycles. The Hall–Kier alpha value is -1.64. The molecule has 0 saturated heterocycles. The minimum Gasteiger partial charge on any atom is -0.460 e. The molecule has 3 nitrogen and oxygen atoms in total. The molecule has 0 amide bonds. The lowest BCUT2D eigenvalue weighted by Gasteiger charge is -2.20. The second-order valence-corrected chi connectivity index (χ2v) is 6.30. The quantitative estimate of drug-likeness (QED) is 0.667. The third-order valence-corrected chi connectivity index (χ3v) is 3.13. The van der Waals surface area contributed by atoms with Gasteiger partial charge in [0.2, 0.25) is 0 Å². The zero-order valence-electron chi connectivity index (χ0n) is 13.4. The molecule has 3 heteroatoms. The third-order valence-electron chi connectivity index (χ3n) is 3.13. The van der Waals surface area contributed by atoms with E-state index in [0.717, 1.165) is 16.7 Å². The highest BCUT2D eigenvalue weighted by Crippen LogP contribution is 2.19. The first-order chi connectivity index (χ1) is 9.10. The second-order valence-electron chi connectivity index (χ2n) is 6.30. The number of rotatable bonds is 4. The van der Waals surface area contributed by atoms with Crippen LogP contribution in [0.15, 0.2) is 12.1 Å². The molecule has 0 heterocycles. The van der Waals surface area contributed by atoms with Gasteiger partial charge in [-0.25, -0.2) is 0 Å². The maximum Gasteiger partial charge on any atom is 0.306 e. The molecule has 0 bridgehead atoms. The highest BCUT2D eigenvalue weighted by molar-refractivity contribution is 5.96. The van der Waals surface area contributed by atoms with Gasteiger partial charge in [-0.05, 0) is 82.3 Å². The molecule has 20 heavy (non-hydrogen) atoms. The molecule has 1 N–H and O–H groups in total. The maximum absolute atomic E-state index is 11.8. The van der Waals surface area contributed by atoms with Crippen molar-refractivity contribution in [2.24, 2.45) is 0 Å². The first-order valence-electron chi connectivity index (χ1n) is 6.97. The molecular formula is C17H25NO2. The molecule has 0 aliphatic rings. The van der Waals surface area contributed by atoms with Crippen LogP contribution >= 0.6 is 0 Å². The Morgan fingerprint density at radius 3 is 2.10 bits per heavy atom. The average Bonchev–Trinajstić information content (AvgIpc) is 2.24. The van der Waals surface area contributed by atoms with Gasteiger partial charge in [-0.2, -0.15) is 0 Å². The van der Waals surface area contributed by atoms with Crippen LogP contribution in [-0.2, 0) is 16.0 Å². The topological polar surface area (TPSA) is 50.2 Å². The van der Waals surface area contributed by atoms with Crippen LogP contribution in [-0.4, -0.2) is 17.3 Å². The molecule has 0 aromatic heterocycles. The van der Waals surface area contributed by atoms with Crippen LogP contribution in [0.25, 0.3) is 0 Å². The minimum atomic E-state index is -0.428. The maximum atomic E-state index is 11.8. The summed E-state index contributed by atoms with van der Waals surface area (Å²) < 4.78 is 5.33. The number of benzene rings is 1. The van der Waals surface area contributed by atoms with Crippen molar-refractivity contribution < 1.29 is 9.53 Å². The number of carbonyl (C=O) groups excluding carboxylic acids is 1. The van der Waals surface area contributed by atoms with Crippen LogP contribution in [0.5, 0.6) is 0 Å². The van der Waals surface area contributed by atoms with Crippen molar-refractivity contribution in [1.82, 2.24) is 0 Å². The largest absolute Gasteiger partial charge is 0.460 e. The van der Waals surface area contributed by atoms with Crippen molar-refractivity contribution >= 4 is 11.7 Å². The summed E-state index contributed by atoms with van der Waals surface area (Å²) in [6.45, 7) is 11.5. The molecule has 0 aliphatic carbocycles.